The van der Waals surface area contributed by atoms with Crippen LogP contribution in [0.2, 0.25) is 0 Å². The summed E-state index contributed by atoms with van der Waals surface area (Å²) in [4.78, 5) is 57.4. The normalized spacial score (nSPS) is 25.2. The number of ether oxygens (including phenoxy) is 1. The van der Waals surface area contributed by atoms with Crippen molar-refractivity contribution in [3.05, 3.63) is 35.9 Å². The van der Waals surface area contributed by atoms with Crippen molar-refractivity contribution in [3.8, 4) is 0 Å². The molecule has 2 aliphatic carbocycles. The fourth-order valence-corrected chi connectivity index (χ4v) is 8.50. The van der Waals surface area contributed by atoms with Crippen LogP contribution in [0.25, 0.3) is 0 Å². The molecule has 1 aromatic rings. The van der Waals surface area contributed by atoms with Gasteiger partial charge in [-0.2, -0.15) is 0 Å². The maximum absolute atomic E-state index is 14.5. The molecule has 0 bridgehead atoms. The molecule has 56 heavy (non-hydrogen) atoms. The Labute approximate surface area is 331 Å². The number of halogens is 2. The number of likely N-dealkylation sites (tertiary alicyclic amines) is 1. The monoisotopic (exact) mass is 810 g/mol. The van der Waals surface area contributed by atoms with Crippen LogP contribution < -0.4 is 21.3 Å². The zero-order chi connectivity index (χ0) is 42.0. The van der Waals surface area contributed by atoms with Gasteiger partial charge in [0.15, 0.2) is 0 Å². The van der Waals surface area contributed by atoms with E-state index in [1.807, 2.05) is 65.0 Å². The summed E-state index contributed by atoms with van der Waals surface area (Å²) >= 11 is 0. The van der Waals surface area contributed by atoms with Crippen molar-refractivity contribution in [2.75, 3.05) is 26.4 Å². The van der Waals surface area contributed by atoms with E-state index in [0.717, 1.165) is 29.0 Å². The van der Waals surface area contributed by atoms with Crippen LogP contribution in [0.4, 0.5) is 13.6 Å². The maximum atomic E-state index is 14.5. The second kappa shape index (κ2) is 17.6. The summed E-state index contributed by atoms with van der Waals surface area (Å²) in [6.45, 7) is 15.4. The van der Waals surface area contributed by atoms with E-state index in [0.29, 0.717) is 19.4 Å². The minimum atomic E-state index is -3.54. The van der Waals surface area contributed by atoms with E-state index >= 15 is 0 Å². The van der Waals surface area contributed by atoms with Crippen molar-refractivity contribution >= 4 is 33.8 Å². The lowest BCUT2D eigenvalue weighted by atomic mass is 9.85. The van der Waals surface area contributed by atoms with E-state index in [4.69, 9.17) is 4.74 Å². The molecule has 4 rings (SSSR count). The Hall–Kier alpha value is -3.37. The van der Waals surface area contributed by atoms with E-state index < -0.39 is 87.7 Å². The number of piperidine rings is 1. The number of nitrogens with zero attached hydrogens (tertiary/aromatic N) is 2. The average molecular weight is 811 g/mol. The smallest absolute Gasteiger partial charge is 0.315 e. The molecule has 1 saturated heterocycles. The first-order chi connectivity index (χ1) is 25.8. The molecule has 3 aliphatic rings. The molecule has 316 valence electrons. The second-order valence-electron chi connectivity index (χ2n) is 18.7. The zero-order valence-electron chi connectivity index (χ0n) is 34.7. The van der Waals surface area contributed by atoms with Crippen molar-refractivity contribution < 1.29 is 41.1 Å². The van der Waals surface area contributed by atoms with Crippen LogP contribution in [-0.4, -0.2) is 111 Å². The number of likely N-dealkylation sites (N-methyl/N-ethyl adjacent to an activating group) is 1. The van der Waals surface area contributed by atoms with E-state index in [1.165, 1.54) is 11.9 Å². The van der Waals surface area contributed by atoms with E-state index in [1.54, 1.807) is 20.8 Å². The highest BCUT2D eigenvalue weighted by molar-refractivity contribution is 7.88. The lowest BCUT2D eigenvalue weighted by Gasteiger charge is -2.39. The fourth-order valence-electron chi connectivity index (χ4n) is 8.08. The van der Waals surface area contributed by atoms with Crippen LogP contribution in [0.15, 0.2) is 30.3 Å². The van der Waals surface area contributed by atoms with Gasteiger partial charge in [0, 0.05) is 32.6 Å². The van der Waals surface area contributed by atoms with Crippen LogP contribution in [0.1, 0.15) is 93.1 Å². The van der Waals surface area contributed by atoms with Crippen LogP contribution in [-0.2, 0) is 35.8 Å². The first-order valence-electron chi connectivity index (χ1n) is 19.7. The average Bonchev–Trinajstić information content (AvgIpc) is 3.39. The quantitative estimate of drug-likeness (QED) is 0.205. The Morgan fingerprint density at radius 3 is 2.16 bits per heavy atom. The van der Waals surface area contributed by atoms with Gasteiger partial charge in [0.05, 0.1) is 25.0 Å². The lowest BCUT2D eigenvalue weighted by Crippen LogP contribution is -2.63. The largest absolute Gasteiger partial charge is 0.371 e. The number of amides is 5. The predicted molar refractivity (Wildman–Crippen MR) is 210 cm³/mol. The summed E-state index contributed by atoms with van der Waals surface area (Å²) in [6.07, 6.45) is -0.0347. The number of fused-ring (bicyclic) bond motifs is 1. The number of alkyl halides is 2. The molecule has 5 amide bonds. The Bertz CT molecular complexity index is 1670. The molecule has 16 heteroatoms. The highest BCUT2D eigenvalue weighted by Gasteiger charge is 2.70. The van der Waals surface area contributed by atoms with Crippen LogP contribution in [0.5, 0.6) is 0 Å². The third-order valence-corrected chi connectivity index (χ3v) is 13.2. The standard InChI is InChI=1S/C40H64F2N6O7S/c1-38(2,3)29(22-47(9)56(10,53)54)45-37(52)46-33(39(4,5)6)36(51)48-21-25-31(40(25,7)8)32(48)35(50)44-27(20-30(41)42)34(49)43-26-18-14-15-19-28(26)55-23-24-16-12-11-13-17-24/h11-13,16-17,25-33H,14-15,18-23H2,1-10H3,(H,43,49)(H,44,50)(H2,45,46,52)/t25-,26+,27-,28+,29+,31-,32-,33+/m0/s1. The lowest BCUT2D eigenvalue weighted by molar-refractivity contribution is -0.144. The third-order valence-electron chi connectivity index (χ3n) is 11.9. The zero-order valence-corrected chi connectivity index (χ0v) is 35.5. The molecule has 1 aliphatic heterocycles. The number of hydrogen-bond donors (Lipinski definition) is 4. The number of sulfonamides is 1. The van der Waals surface area contributed by atoms with Gasteiger partial charge in [0.2, 0.25) is 34.2 Å². The molecule has 0 spiro atoms. The SMILES string of the molecule is CN(C[C@@H](NC(=O)N[C@H](C(=O)N1C[C@H]2[C@@H]([C@H]1C(=O)N[C@@H](CC(F)F)C(=O)N[C@@H]1CCCC[C@H]1OCc1ccccc1)C2(C)C)C(C)(C)C)C(C)(C)C)S(C)(=O)=O. The van der Waals surface area contributed by atoms with Crippen molar-refractivity contribution in [3.63, 3.8) is 0 Å². The maximum Gasteiger partial charge on any atom is 0.315 e. The van der Waals surface area contributed by atoms with Crippen LogP contribution in [0.3, 0.4) is 0 Å². The molecule has 4 N–H and O–H groups in total. The number of nitrogens with one attached hydrogen (secondary N) is 4. The Kier molecular flexibility index (Phi) is 14.3. The molecule has 2 saturated carbocycles. The van der Waals surface area contributed by atoms with Crippen molar-refractivity contribution in [2.45, 2.75) is 137 Å². The molecule has 0 unspecified atom stereocenters. The first-order valence-corrected chi connectivity index (χ1v) is 21.5. The van der Waals surface area contributed by atoms with E-state index in [2.05, 4.69) is 21.3 Å². The van der Waals surface area contributed by atoms with Gasteiger partial charge in [-0.15, -0.1) is 0 Å². The van der Waals surface area contributed by atoms with E-state index in [9.17, 15) is 36.4 Å². The minimum absolute atomic E-state index is 0.00776. The van der Waals surface area contributed by atoms with Gasteiger partial charge >= 0.3 is 6.03 Å². The summed E-state index contributed by atoms with van der Waals surface area (Å²) in [7, 11) is -2.12. The number of urea groups is 1. The molecule has 0 radical (unpaired) electrons. The van der Waals surface area contributed by atoms with Gasteiger partial charge in [0.25, 0.3) is 0 Å². The molecule has 8 atom stereocenters. The highest BCUT2D eigenvalue weighted by Crippen LogP contribution is 2.65. The molecular formula is C40H64F2N6O7S. The summed E-state index contributed by atoms with van der Waals surface area (Å²) in [5.74, 6) is -2.30. The molecule has 13 nitrogen and oxygen atoms in total. The second-order valence-corrected chi connectivity index (χ2v) is 20.8. The summed E-state index contributed by atoms with van der Waals surface area (Å²) in [5.41, 5.74) is -0.746. The van der Waals surface area contributed by atoms with Gasteiger partial charge in [-0.1, -0.05) is 98.6 Å². The summed E-state index contributed by atoms with van der Waals surface area (Å²) in [5, 5.41) is 11.2. The van der Waals surface area contributed by atoms with Gasteiger partial charge in [-0.05, 0) is 46.5 Å². The van der Waals surface area contributed by atoms with Gasteiger partial charge in [-0.25, -0.2) is 26.3 Å². The predicted octanol–water partition coefficient (Wildman–Crippen LogP) is 4.27. The van der Waals surface area contributed by atoms with Crippen molar-refractivity contribution in [1.82, 2.24) is 30.5 Å². The molecular weight excluding hydrogens is 747 g/mol. The van der Waals surface area contributed by atoms with Crippen molar-refractivity contribution in [1.29, 1.82) is 0 Å². The molecule has 3 fully saturated rings. The van der Waals surface area contributed by atoms with Crippen molar-refractivity contribution in [2.24, 2.45) is 28.1 Å². The van der Waals surface area contributed by atoms with Crippen LogP contribution >= 0.6 is 0 Å². The number of benzene rings is 1. The molecule has 0 aromatic heterocycles. The summed E-state index contributed by atoms with van der Waals surface area (Å²) < 4.78 is 59.7. The number of rotatable bonds is 15. The number of carbonyl (C=O) groups is 4. The summed E-state index contributed by atoms with van der Waals surface area (Å²) in [6, 6.07) is 4.12. The van der Waals surface area contributed by atoms with E-state index in [-0.39, 0.29) is 36.4 Å². The number of hydrogen-bond acceptors (Lipinski definition) is 7. The Morgan fingerprint density at radius 2 is 1.59 bits per heavy atom. The van der Waals surface area contributed by atoms with Crippen LogP contribution in [0, 0.1) is 28.1 Å². The third kappa shape index (κ3) is 11.4. The fraction of sp³-hybridized carbons (Fsp3) is 0.750. The Balaban J connectivity index is 1.51. The molecule has 1 aromatic carbocycles. The Morgan fingerprint density at radius 1 is 0.964 bits per heavy atom. The minimum Gasteiger partial charge on any atom is -0.371 e. The first kappa shape index (κ1) is 45.3. The van der Waals surface area contributed by atoms with Gasteiger partial charge in [-0.3, -0.25) is 14.4 Å². The highest BCUT2D eigenvalue weighted by atomic mass is 32.2. The van der Waals surface area contributed by atoms with Gasteiger partial charge < -0.3 is 30.9 Å². The molecule has 1 heterocycles. The van der Waals surface area contributed by atoms with Gasteiger partial charge in [0.1, 0.15) is 18.1 Å². The topological polar surface area (TPSA) is 166 Å². The number of carbonyl (C=O) groups excluding carboxylic acids is 4.